The summed E-state index contributed by atoms with van der Waals surface area (Å²) in [6, 6.07) is 6.32. The molecule has 18 heavy (non-hydrogen) atoms. The normalized spacial score (nSPS) is 22.6. The van der Waals surface area contributed by atoms with Gasteiger partial charge in [-0.2, -0.15) is 0 Å². The topological polar surface area (TPSA) is 73.0 Å². The third kappa shape index (κ3) is 2.70. The minimum atomic E-state index is -3.20. The molecule has 0 unspecified atom stereocenters. The Morgan fingerprint density at radius 1 is 1.33 bits per heavy atom. The van der Waals surface area contributed by atoms with Gasteiger partial charge in [-0.3, -0.25) is 0 Å². The van der Waals surface area contributed by atoms with Gasteiger partial charge >= 0.3 is 5.97 Å². The summed E-state index contributed by atoms with van der Waals surface area (Å²) in [5, 5.41) is 0. The second kappa shape index (κ2) is 4.70. The highest BCUT2D eigenvalue weighted by Gasteiger charge is 2.47. The standard InChI is InChI=1S/C12H14O5S/c1-3-16-12(13)11-10(17-11)8-4-6-9(7-5-8)18(2,14)15/h4-7,10-11H,3H2,1-2H3/t10-,11+/m1/s1. The SMILES string of the molecule is CCOC(=O)[C@H]1O[C@@H]1c1ccc(S(C)(=O)=O)cc1. The zero-order valence-corrected chi connectivity index (χ0v) is 10.9. The van der Waals surface area contributed by atoms with Crippen molar-refractivity contribution in [2.75, 3.05) is 12.9 Å². The van der Waals surface area contributed by atoms with Crippen LogP contribution in [0.1, 0.15) is 18.6 Å². The summed E-state index contributed by atoms with van der Waals surface area (Å²) in [7, 11) is -3.20. The van der Waals surface area contributed by atoms with Crippen molar-refractivity contribution >= 4 is 15.8 Å². The van der Waals surface area contributed by atoms with Crippen molar-refractivity contribution in [3.63, 3.8) is 0 Å². The molecule has 1 heterocycles. The summed E-state index contributed by atoms with van der Waals surface area (Å²) in [6.07, 6.45) is 0.267. The molecule has 1 aromatic carbocycles. The second-order valence-corrected chi connectivity index (χ2v) is 6.09. The van der Waals surface area contributed by atoms with Gasteiger partial charge in [0.25, 0.3) is 0 Å². The molecule has 0 bridgehead atoms. The van der Waals surface area contributed by atoms with Crippen LogP contribution in [0.4, 0.5) is 0 Å². The van der Waals surface area contributed by atoms with E-state index in [1.165, 1.54) is 12.1 Å². The van der Waals surface area contributed by atoms with E-state index in [9.17, 15) is 13.2 Å². The van der Waals surface area contributed by atoms with Crippen molar-refractivity contribution in [3.05, 3.63) is 29.8 Å². The Bertz CT molecular complexity index is 546. The number of ether oxygens (including phenoxy) is 2. The maximum atomic E-state index is 11.4. The van der Waals surface area contributed by atoms with Crippen LogP contribution >= 0.6 is 0 Å². The average Bonchev–Trinajstić information content (AvgIpc) is 3.08. The van der Waals surface area contributed by atoms with E-state index < -0.39 is 15.9 Å². The number of benzene rings is 1. The molecule has 2 atom stereocenters. The van der Waals surface area contributed by atoms with Gasteiger partial charge in [0.15, 0.2) is 15.9 Å². The van der Waals surface area contributed by atoms with Gasteiger partial charge < -0.3 is 9.47 Å². The monoisotopic (exact) mass is 270 g/mol. The quantitative estimate of drug-likeness (QED) is 0.605. The molecule has 0 N–H and O–H groups in total. The fraction of sp³-hybridized carbons (Fsp3) is 0.417. The molecule has 1 aliphatic rings. The zero-order valence-electron chi connectivity index (χ0n) is 10.1. The Morgan fingerprint density at radius 2 is 1.94 bits per heavy atom. The average molecular weight is 270 g/mol. The summed E-state index contributed by atoms with van der Waals surface area (Å²) in [6.45, 7) is 2.05. The van der Waals surface area contributed by atoms with Crippen molar-refractivity contribution < 1.29 is 22.7 Å². The number of esters is 1. The highest BCUT2D eigenvalue weighted by atomic mass is 32.2. The van der Waals surface area contributed by atoms with Crippen molar-refractivity contribution in [3.8, 4) is 0 Å². The van der Waals surface area contributed by atoms with Gasteiger partial charge in [0.1, 0.15) is 6.10 Å². The molecule has 1 aliphatic heterocycles. The summed E-state index contributed by atoms with van der Waals surface area (Å²) in [5.41, 5.74) is 0.778. The summed E-state index contributed by atoms with van der Waals surface area (Å²) in [5.74, 6) is -0.380. The van der Waals surface area contributed by atoms with Crippen LogP contribution in [0.5, 0.6) is 0 Å². The lowest BCUT2D eigenvalue weighted by Crippen LogP contribution is -2.11. The van der Waals surface area contributed by atoms with Gasteiger partial charge in [-0.1, -0.05) is 12.1 Å². The number of sulfone groups is 1. The first-order chi connectivity index (χ1) is 8.43. The molecule has 0 aliphatic carbocycles. The van der Waals surface area contributed by atoms with E-state index >= 15 is 0 Å². The molecule has 0 radical (unpaired) electrons. The first-order valence-corrected chi connectivity index (χ1v) is 7.44. The van der Waals surface area contributed by atoms with Crippen LogP contribution in [0.15, 0.2) is 29.2 Å². The Kier molecular flexibility index (Phi) is 3.41. The number of rotatable bonds is 4. The van der Waals surface area contributed by atoms with Gasteiger partial charge in [-0.25, -0.2) is 13.2 Å². The van der Waals surface area contributed by atoms with Crippen molar-refractivity contribution in [1.29, 1.82) is 0 Å². The van der Waals surface area contributed by atoms with Gasteiger partial charge in [0.05, 0.1) is 11.5 Å². The van der Waals surface area contributed by atoms with E-state index in [0.29, 0.717) is 6.61 Å². The Balaban J connectivity index is 2.07. The van der Waals surface area contributed by atoms with Gasteiger partial charge in [0, 0.05) is 6.26 Å². The van der Waals surface area contributed by atoms with Crippen molar-refractivity contribution in [2.45, 2.75) is 24.0 Å². The molecule has 0 aromatic heterocycles. The van der Waals surface area contributed by atoms with E-state index in [0.717, 1.165) is 11.8 Å². The summed E-state index contributed by atoms with van der Waals surface area (Å²) >= 11 is 0. The number of hydrogen-bond acceptors (Lipinski definition) is 5. The van der Waals surface area contributed by atoms with E-state index in [1.807, 2.05) is 0 Å². The minimum absolute atomic E-state index is 0.250. The van der Waals surface area contributed by atoms with Crippen LogP contribution < -0.4 is 0 Å². The second-order valence-electron chi connectivity index (χ2n) is 4.07. The molecule has 1 saturated heterocycles. The first kappa shape index (κ1) is 13.0. The highest BCUT2D eigenvalue weighted by molar-refractivity contribution is 7.90. The maximum Gasteiger partial charge on any atom is 0.338 e. The molecule has 1 aromatic rings. The summed E-state index contributed by atoms with van der Waals surface area (Å²) in [4.78, 5) is 11.6. The molecule has 0 spiro atoms. The lowest BCUT2D eigenvalue weighted by atomic mass is 10.1. The Labute approximate surface area is 106 Å². The predicted octanol–water partition coefficient (Wildman–Crippen LogP) is 1.09. The van der Waals surface area contributed by atoms with Crippen molar-refractivity contribution in [2.24, 2.45) is 0 Å². The smallest absolute Gasteiger partial charge is 0.338 e. The first-order valence-electron chi connectivity index (χ1n) is 5.55. The molecule has 0 amide bonds. The van der Waals surface area contributed by atoms with Crippen molar-refractivity contribution in [1.82, 2.24) is 0 Å². The lowest BCUT2D eigenvalue weighted by Gasteiger charge is -2.00. The van der Waals surface area contributed by atoms with Gasteiger partial charge in [0.2, 0.25) is 0 Å². The van der Waals surface area contributed by atoms with E-state index in [-0.39, 0.29) is 17.0 Å². The molecule has 0 saturated carbocycles. The number of hydrogen-bond donors (Lipinski definition) is 0. The van der Waals surface area contributed by atoms with E-state index in [4.69, 9.17) is 9.47 Å². The molecule has 98 valence electrons. The van der Waals surface area contributed by atoms with Crippen LogP contribution in [0, 0.1) is 0 Å². The molecular weight excluding hydrogens is 256 g/mol. The number of epoxide rings is 1. The molecule has 1 fully saturated rings. The van der Waals surface area contributed by atoms with E-state index in [2.05, 4.69) is 0 Å². The number of carbonyl (C=O) groups is 1. The summed E-state index contributed by atoms with van der Waals surface area (Å²) < 4.78 is 32.6. The third-order valence-corrected chi connectivity index (χ3v) is 3.78. The van der Waals surface area contributed by atoms with E-state index in [1.54, 1.807) is 19.1 Å². The van der Waals surface area contributed by atoms with Crippen LogP contribution in [-0.4, -0.2) is 33.4 Å². The fourth-order valence-corrected chi connectivity index (χ4v) is 2.30. The van der Waals surface area contributed by atoms with Crippen LogP contribution in [0.3, 0.4) is 0 Å². The van der Waals surface area contributed by atoms with Crippen LogP contribution in [-0.2, 0) is 24.1 Å². The molecule has 2 rings (SSSR count). The van der Waals surface area contributed by atoms with Gasteiger partial charge in [-0.05, 0) is 24.6 Å². The Morgan fingerprint density at radius 3 is 2.44 bits per heavy atom. The molecule has 5 nitrogen and oxygen atoms in total. The third-order valence-electron chi connectivity index (χ3n) is 2.65. The number of carbonyl (C=O) groups excluding carboxylic acids is 1. The maximum absolute atomic E-state index is 11.4. The molecule has 6 heteroatoms. The Hall–Kier alpha value is -1.40. The minimum Gasteiger partial charge on any atom is -0.464 e. The largest absolute Gasteiger partial charge is 0.464 e. The molecular formula is C12H14O5S. The van der Waals surface area contributed by atoms with Crippen LogP contribution in [0.25, 0.3) is 0 Å². The van der Waals surface area contributed by atoms with Crippen LogP contribution in [0.2, 0.25) is 0 Å². The van der Waals surface area contributed by atoms with Gasteiger partial charge in [-0.15, -0.1) is 0 Å². The zero-order chi connectivity index (χ0) is 13.3. The lowest BCUT2D eigenvalue weighted by molar-refractivity contribution is -0.144. The fourth-order valence-electron chi connectivity index (χ4n) is 1.67. The predicted molar refractivity (Wildman–Crippen MR) is 63.8 cm³/mol. The highest BCUT2D eigenvalue weighted by Crippen LogP contribution is 2.39.